The number of amides is 1. The Balaban J connectivity index is 1.55. The smallest absolute Gasteiger partial charge is 0.248 e. The molecular weight excluding hydrogens is 422 g/mol. The van der Waals surface area contributed by atoms with E-state index in [1.165, 1.54) is 12.5 Å². The molecule has 2 aromatic carbocycles. The number of ketones is 1. The lowest BCUT2D eigenvalue weighted by Gasteiger charge is -2.27. The minimum Gasteiger partial charge on any atom is -0.487 e. The number of aryl methyl sites for hydroxylation is 2. The highest BCUT2D eigenvalue weighted by Gasteiger charge is 2.25. The molecule has 7 heteroatoms. The summed E-state index contributed by atoms with van der Waals surface area (Å²) < 4.78 is 23.2. The van der Waals surface area contributed by atoms with Gasteiger partial charge in [-0.2, -0.15) is 0 Å². The number of nitrogens with zero attached hydrogens (tertiary/aromatic N) is 1. The Morgan fingerprint density at radius 2 is 1.88 bits per heavy atom. The Morgan fingerprint density at radius 1 is 1.09 bits per heavy atom. The molecule has 7 nitrogen and oxygen atoms in total. The molecule has 0 spiro atoms. The molecule has 0 bridgehead atoms. The van der Waals surface area contributed by atoms with Crippen molar-refractivity contribution in [2.24, 2.45) is 0 Å². The van der Waals surface area contributed by atoms with Crippen molar-refractivity contribution in [1.82, 2.24) is 4.90 Å². The Hall–Kier alpha value is -3.32. The van der Waals surface area contributed by atoms with E-state index in [-0.39, 0.29) is 24.9 Å². The van der Waals surface area contributed by atoms with Gasteiger partial charge in [0.1, 0.15) is 13.2 Å². The Kier molecular flexibility index (Phi) is 7.29. The number of carbonyl (C=O) groups excluding carboxylic acids is 2. The van der Waals surface area contributed by atoms with E-state index in [1.807, 2.05) is 31.2 Å². The summed E-state index contributed by atoms with van der Waals surface area (Å²) in [6.45, 7) is 5.62. The van der Waals surface area contributed by atoms with E-state index < -0.39 is 0 Å². The molecule has 0 unspecified atom stereocenters. The maximum atomic E-state index is 12.6. The SMILES string of the molecule is CC(=O)c1c(OCCN2CCOCC2=O)c(OCCCc2ccccc2)c2occc2c1C. The van der Waals surface area contributed by atoms with E-state index in [1.54, 1.807) is 11.2 Å². The van der Waals surface area contributed by atoms with Gasteiger partial charge >= 0.3 is 0 Å². The molecule has 2 heterocycles. The van der Waals surface area contributed by atoms with Crippen LogP contribution in [0.15, 0.2) is 47.1 Å². The maximum Gasteiger partial charge on any atom is 0.248 e. The van der Waals surface area contributed by atoms with Crippen molar-refractivity contribution in [2.45, 2.75) is 26.7 Å². The first kappa shape index (κ1) is 22.9. The lowest BCUT2D eigenvalue weighted by Crippen LogP contribution is -2.43. The van der Waals surface area contributed by atoms with Gasteiger partial charge in [-0.1, -0.05) is 30.3 Å². The van der Waals surface area contributed by atoms with Gasteiger partial charge in [-0.25, -0.2) is 0 Å². The van der Waals surface area contributed by atoms with Crippen LogP contribution in [0, 0.1) is 6.92 Å². The highest BCUT2D eigenvalue weighted by Crippen LogP contribution is 2.43. The number of rotatable bonds is 10. The largest absolute Gasteiger partial charge is 0.487 e. The summed E-state index contributed by atoms with van der Waals surface area (Å²) in [7, 11) is 0. The zero-order valence-electron chi connectivity index (χ0n) is 19.1. The third kappa shape index (κ3) is 5.20. The van der Waals surface area contributed by atoms with E-state index >= 15 is 0 Å². The molecule has 0 N–H and O–H groups in total. The molecule has 174 valence electrons. The third-order valence-corrected chi connectivity index (χ3v) is 5.83. The number of morpholine rings is 1. The minimum atomic E-state index is -0.109. The van der Waals surface area contributed by atoms with Crippen LogP contribution in [-0.4, -0.2) is 56.1 Å². The molecule has 3 aromatic rings. The van der Waals surface area contributed by atoms with Crippen molar-refractivity contribution in [3.05, 3.63) is 59.4 Å². The van der Waals surface area contributed by atoms with Crippen molar-refractivity contribution in [3.8, 4) is 11.5 Å². The van der Waals surface area contributed by atoms with Crippen molar-refractivity contribution in [1.29, 1.82) is 0 Å². The minimum absolute atomic E-state index is 0.0632. The van der Waals surface area contributed by atoms with Crippen LogP contribution in [0.25, 0.3) is 11.0 Å². The Bertz CT molecular complexity index is 1120. The van der Waals surface area contributed by atoms with Gasteiger partial charge in [0.15, 0.2) is 17.1 Å². The molecule has 1 aliphatic rings. The number of fused-ring (bicyclic) bond motifs is 1. The number of carbonyl (C=O) groups is 2. The van der Waals surface area contributed by atoms with Crippen LogP contribution < -0.4 is 9.47 Å². The quantitative estimate of drug-likeness (QED) is 0.340. The van der Waals surface area contributed by atoms with Crippen LogP contribution in [0.3, 0.4) is 0 Å². The van der Waals surface area contributed by atoms with Gasteiger partial charge in [-0.05, 0) is 43.9 Å². The second-order valence-electron chi connectivity index (χ2n) is 8.10. The van der Waals surface area contributed by atoms with E-state index in [9.17, 15) is 9.59 Å². The van der Waals surface area contributed by atoms with Gasteiger partial charge in [-0.15, -0.1) is 0 Å². The summed E-state index contributed by atoms with van der Waals surface area (Å²) in [5, 5.41) is 0.828. The molecule has 1 aliphatic heterocycles. The van der Waals surface area contributed by atoms with E-state index in [0.29, 0.717) is 48.9 Å². The fourth-order valence-corrected chi connectivity index (χ4v) is 4.13. The van der Waals surface area contributed by atoms with Gasteiger partial charge in [0.2, 0.25) is 11.7 Å². The normalized spacial score (nSPS) is 14.0. The van der Waals surface area contributed by atoms with Crippen molar-refractivity contribution in [3.63, 3.8) is 0 Å². The van der Waals surface area contributed by atoms with E-state index in [4.69, 9.17) is 18.6 Å². The topological polar surface area (TPSA) is 78.2 Å². The summed E-state index contributed by atoms with van der Waals surface area (Å²) in [5.41, 5.74) is 3.08. The summed E-state index contributed by atoms with van der Waals surface area (Å²) >= 11 is 0. The Morgan fingerprint density at radius 3 is 2.64 bits per heavy atom. The number of benzene rings is 2. The summed E-state index contributed by atoms with van der Waals surface area (Å²) in [5.74, 6) is 0.643. The Labute approximate surface area is 193 Å². The van der Waals surface area contributed by atoms with Crippen molar-refractivity contribution >= 4 is 22.7 Å². The van der Waals surface area contributed by atoms with Gasteiger partial charge in [0, 0.05) is 11.9 Å². The highest BCUT2D eigenvalue weighted by molar-refractivity contribution is 6.05. The molecule has 0 radical (unpaired) electrons. The average Bonchev–Trinajstić information content (AvgIpc) is 3.30. The molecule has 1 fully saturated rings. The van der Waals surface area contributed by atoms with Crippen molar-refractivity contribution in [2.75, 3.05) is 39.5 Å². The summed E-state index contributed by atoms with van der Waals surface area (Å²) in [6, 6.07) is 12.1. The fourth-order valence-electron chi connectivity index (χ4n) is 4.13. The van der Waals surface area contributed by atoms with Crippen LogP contribution in [0.5, 0.6) is 11.5 Å². The number of ether oxygens (including phenoxy) is 3. The monoisotopic (exact) mass is 451 g/mol. The number of hydrogen-bond donors (Lipinski definition) is 0. The van der Waals surface area contributed by atoms with Crippen LogP contribution in [0.4, 0.5) is 0 Å². The fraction of sp³-hybridized carbons (Fsp3) is 0.385. The van der Waals surface area contributed by atoms with Crippen LogP contribution in [0.1, 0.15) is 34.8 Å². The zero-order valence-corrected chi connectivity index (χ0v) is 19.1. The molecule has 0 saturated carbocycles. The molecule has 1 amide bonds. The lowest BCUT2D eigenvalue weighted by molar-refractivity contribution is -0.143. The molecule has 1 aromatic heterocycles. The number of hydrogen-bond acceptors (Lipinski definition) is 6. The van der Waals surface area contributed by atoms with Crippen LogP contribution in [0.2, 0.25) is 0 Å². The van der Waals surface area contributed by atoms with Crippen LogP contribution in [-0.2, 0) is 16.0 Å². The maximum absolute atomic E-state index is 12.6. The molecular formula is C26H29NO6. The van der Waals surface area contributed by atoms with Gasteiger partial charge in [-0.3, -0.25) is 9.59 Å². The number of Topliss-reactive ketones (excluding diaryl/α,β-unsaturated/α-hetero) is 1. The van der Waals surface area contributed by atoms with Gasteiger partial charge < -0.3 is 23.5 Å². The predicted molar refractivity (Wildman–Crippen MR) is 124 cm³/mol. The second kappa shape index (κ2) is 10.5. The molecule has 33 heavy (non-hydrogen) atoms. The standard InChI is InChI=1S/C26H29NO6/c1-18-21-10-14-32-24(21)26(31-13-6-9-20-7-4-3-5-8-20)25(23(18)19(2)28)33-16-12-27-11-15-30-17-22(27)29/h3-5,7-8,10,14H,6,9,11-13,15-17H2,1-2H3. The first-order chi connectivity index (χ1) is 16.1. The lowest BCUT2D eigenvalue weighted by atomic mass is 9.99. The van der Waals surface area contributed by atoms with Gasteiger partial charge in [0.05, 0.1) is 31.6 Å². The molecule has 0 aliphatic carbocycles. The molecule has 1 saturated heterocycles. The zero-order chi connectivity index (χ0) is 23.2. The van der Waals surface area contributed by atoms with E-state index in [0.717, 1.165) is 23.8 Å². The second-order valence-corrected chi connectivity index (χ2v) is 8.10. The molecule has 0 atom stereocenters. The average molecular weight is 452 g/mol. The molecule has 4 rings (SSSR count). The van der Waals surface area contributed by atoms with E-state index in [2.05, 4.69) is 12.1 Å². The first-order valence-corrected chi connectivity index (χ1v) is 11.3. The van der Waals surface area contributed by atoms with Crippen molar-refractivity contribution < 1.29 is 28.2 Å². The van der Waals surface area contributed by atoms with Gasteiger partial charge in [0.25, 0.3) is 0 Å². The van der Waals surface area contributed by atoms with Crippen LogP contribution >= 0.6 is 0 Å². The predicted octanol–water partition coefficient (Wildman–Crippen LogP) is 4.19. The third-order valence-electron chi connectivity index (χ3n) is 5.83. The summed E-state index contributed by atoms with van der Waals surface area (Å²) in [4.78, 5) is 26.3. The summed E-state index contributed by atoms with van der Waals surface area (Å²) in [6.07, 6.45) is 3.27. The number of furan rings is 1. The highest BCUT2D eigenvalue weighted by atomic mass is 16.5. The first-order valence-electron chi connectivity index (χ1n) is 11.3.